The number of ether oxygens (including phenoxy) is 1. The molecule has 20 heavy (non-hydrogen) atoms. The molecule has 0 spiro atoms. The van der Waals surface area contributed by atoms with Gasteiger partial charge < -0.3 is 20.1 Å². The number of carbonyl (C=O) groups is 1. The van der Waals surface area contributed by atoms with Gasteiger partial charge in [0.15, 0.2) is 5.78 Å². The first-order chi connectivity index (χ1) is 9.56. The zero-order valence-electron chi connectivity index (χ0n) is 10.4. The average Bonchev–Trinajstić information content (AvgIpc) is 2.39. The van der Waals surface area contributed by atoms with Gasteiger partial charge in [-0.1, -0.05) is 12.1 Å². The standard InChI is InChI=1S/C15H12O5/c16-9-3-1-8(2-4-9)11-7-20-13-6-10(17)5-12(18)14(13)15(11)19/h1-7,13-14,16-18H. The third-order valence-corrected chi connectivity index (χ3v) is 3.35. The van der Waals surface area contributed by atoms with Crippen molar-refractivity contribution < 1.29 is 24.9 Å². The maximum absolute atomic E-state index is 12.4. The molecule has 5 nitrogen and oxygen atoms in total. The highest BCUT2D eigenvalue weighted by molar-refractivity contribution is 6.23. The Morgan fingerprint density at radius 3 is 2.45 bits per heavy atom. The maximum atomic E-state index is 12.4. The summed E-state index contributed by atoms with van der Waals surface area (Å²) in [6.45, 7) is 0. The van der Waals surface area contributed by atoms with Crippen LogP contribution in [0, 0.1) is 5.92 Å². The van der Waals surface area contributed by atoms with E-state index in [1.807, 2.05) is 0 Å². The molecule has 1 heterocycles. The number of benzene rings is 1. The lowest BCUT2D eigenvalue weighted by molar-refractivity contribution is -0.121. The van der Waals surface area contributed by atoms with Crippen molar-refractivity contribution in [2.24, 2.45) is 5.92 Å². The second-order valence-electron chi connectivity index (χ2n) is 4.68. The van der Waals surface area contributed by atoms with Gasteiger partial charge in [-0.3, -0.25) is 4.79 Å². The Kier molecular flexibility index (Phi) is 2.75. The van der Waals surface area contributed by atoms with Crippen LogP contribution >= 0.6 is 0 Å². The van der Waals surface area contributed by atoms with Crippen LogP contribution in [0.3, 0.4) is 0 Å². The Morgan fingerprint density at radius 2 is 1.75 bits per heavy atom. The van der Waals surface area contributed by atoms with E-state index in [2.05, 4.69) is 0 Å². The molecule has 0 saturated heterocycles. The van der Waals surface area contributed by atoms with Gasteiger partial charge in [0.1, 0.15) is 29.3 Å². The van der Waals surface area contributed by atoms with Crippen LogP contribution in [-0.2, 0) is 9.53 Å². The van der Waals surface area contributed by atoms with E-state index in [1.165, 1.54) is 24.5 Å². The molecule has 3 N–H and O–H groups in total. The van der Waals surface area contributed by atoms with Crippen LogP contribution in [0.2, 0.25) is 0 Å². The minimum atomic E-state index is -0.847. The van der Waals surface area contributed by atoms with Gasteiger partial charge in [0.25, 0.3) is 0 Å². The number of fused-ring (bicyclic) bond motifs is 1. The predicted molar refractivity (Wildman–Crippen MR) is 70.9 cm³/mol. The van der Waals surface area contributed by atoms with Gasteiger partial charge in [-0.05, 0) is 23.8 Å². The minimum Gasteiger partial charge on any atom is -0.511 e. The monoisotopic (exact) mass is 272 g/mol. The number of hydrogen-bond acceptors (Lipinski definition) is 5. The van der Waals surface area contributed by atoms with Gasteiger partial charge in [0, 0.05) is 6.08 Å². The van der Waals surface area contributed by atoms with E-state index >= 15 is 0 Å². The number of hydrogen-bond donors (Lipinski definition) is 3. The van der Waals surface area contributed by atoms with Gasteiger partial charge in [-0.25, -0.2) is 0 Å². The van der Waals surface area contributed by atoms with E-state index in [0.717, 1.165) is 6.08 Å². The first kappa shape index (κ1) is 12.3. The van der Waals surface area contributed by atoms with Gasteiger partial charge >= 0.3 is 0 Å². The van der Waals surface area contributed by atoms with Crippen LogP contribution in [0.4, 0.5) is 0 Å². The van der Waals surface area contributed by atoms with Crippen LogP contribution in [0.15, 0.2) is 54.2 Å². The number of rotatable bonds is 1. The number of phenolic OH excluding ortho intramolecular Hbond substituents is 1. The van der Waals surface area contributed by atoms with E-state index in [4.69, 9.17) is 4.74 Å². The molecule has 2 aliphatic rings. The highest BCUT2D eigenvalue weighted by Gasteiger charge is 2.39. The van der Waals surface area contributed by atoms with Crippen molar-refractivity contribution in [2.75, 3.05) is 0 Å². The number of aromatic hydroxyl groups is 1. The Labute approximate surface area is 114 Å². The fraction of sp³-hybridized carbons (Fsp3) is 0.133. The molecule has 5 heteroatoms. The quantitative estimate of drug-likeness (QED) is 0.729. The Hall–Kier alpha value is -2.69. The number of allylic oxidation sites excluding steroid dienone is 2. The molecular weight excluding hydrogens is 260 g/mol. The molecule has 1 aromatic rings. The number of aliphatic hydroxyl groups is 2. The van der Waals surface area contributed by atoms with Crippen LogP contribution in [0.5, 0.6) is 5.75 Å². The number of aliphatic hydroxyl groups excluding tert-OH is 2. The van der Waals surface area contributed by atoms with E-state index < -0.39 is 12.0 Å². The molecule has 102 valence electrons. The fourth-order valence-electron chi connectivity index (χ4n) is 2.35. The zero-order chi connectivity index (χ0) is 14.3. The molecule has 0 aromatic heterocycles. The summed E-state index contributed by atoms with van der Waals surface area (Å²) in [5, 5.41) is 28.5. The minimum absolute atomic E-state index is 0.102. The molecule has 1 aliphatic heterocycles. The molecule has 0 saturated carbocycles. The predicted octanol–water partition coefficient (Wildman–Crippen LogP) is 2.21. The highest BCUT2D eigenvalue weighted by Crippen LogP contribution is 2.34. The molecule has 0 bridgehead atoms. The molecule has 0 amide bonds. The van der Waals surface area contributed by atoms with Gasteiger partial charge in [-0.15, -0.1) is 0 Å². The molecule has 1 aliphatic carbocycles. The maximum Gasteiger partial charge on any atom is 0.181 e. The first-order valence-electron chi connectivity index (χ1n) is 6.07. The van der Waals surface area contributed by atoms with Crippen molar-refractivity contribution in [3.8, 4) is 5.75 Å². The summed E-state index contributed by atoms with van der Waals surface area (Å²) in [6, 6.07) is 6.13. The molecule has 2 atom stereocenters. The summed E-state index contributed by atoms with van der Waals surface area (Å²) in [6.07, 6.45) is 3.14. The normalized spacial score (nSPS) is 25.0. The Balaban J connectivity index is 1.98. The van der Waals surface area contributed by atoms with Crippen LogP contribution < -0.4 is 0 Å². The topological polar surface area (TPSA) is 87.0 Å². The largest absolute Gasteiger partial charge is 0.511 e. The molecule has 2 unspecified atom stereocenters. The molecule has 3 rings (SSSR count). The second kappa shape index (κ2) is 4.45. The average molecular weight is 272 g/mol. The fourth-order valence-corrected chi connectivity index (χ4v) is 2.35. The zero-order valence-corrected chi connectivity index (χ0v) is 10.4. The van der Waals surface area contributed by atoms with Crippen LogP contribution in [-0.4, -0.2) is 27.2 Å². The molecular formula is C15H12O5. The number of Topliss-reactive ketones (excluding diaryl/α,β-unsaturated/α-hetero) is 1. The Morgan fingerprint density at radius 1 is 1.05 bits per heavy atom. The van der Waals surface area contributed by atoms with Crippen molar-refractivity contribution in [3.05, 3.63) is 59.8 Å². The van der Waals surface area contributed by atoms with Gasteiger partial charge in [-0.2, -0.15) is 0 Å². The first-order valence-corrected chi connectivity index (χ1v) is 6.07. The number of carbonyl (C=O) groups excluding carboxylic acids is 1. The molecule has 0 fully saturated rings. The third-order valence-electron chi connectivity index (χ3n) is 3.35. The number of phenols is 1. The van der Waals surface area contributed by atoms with Crippen molar-refractivity contribution in [1.82, 2.24) is 0 Å². The van der Waals surface area contributed by atoms with Crippen molar-refractivity contribution in [3.63, 3.8) is 0 Å². The van der Waals surface area contributed by atoms with Gasteiger partial charge in [0.2, 0.25) is 0 Å². The summed E-state index contributed by atoms with van der Waals surface area (Å²) in [5.74, 6) is -1.38. The van der Waals surface area contributed by atoms with E-state index in [0.29, 0.717) is 11.1 Å². The smallest absolute Gasteiger partial charge is 0.181 e. The van der Waals surface area contributed by atoms with E-state index in [-0.39, 0.29) is 23.1 Å². The SMILES string of the molecule is O=C1C(c2ccc(O)cc2)=COC2C=C(O)C=C(O)C12. The highest BCUT2D eigenvalue weighted by atomic mass is 16.5. The summed E-state index contributed by atoms with van der Waals surface area (Å²) >= 11 is 0. The molecule has 0 radical (unpaired) electrons. The lowest BCUT2D eigenvalue weighted by Gasteiger charge is -2.30. The van der Waals surface area contributed by atoms with Crippen LogP contribution in [0.25, 0.3) is 5.57 Å². The summed E-state index contributed by atoms with van der Waals surface area (Å²) in [5.41, 5.74) is 0.916. The van der Waals surface area contributed by atoms with Crippen LogP contribution in [0.1, 0.15) is 5.56 Å². The lowest BCUT2D eigenvalue weighted by Crippen LogP contribution is -2.36. The van der Waals surface area contributed by atoms with Crippen molar-refractivity contribution >= 4 is 11.4 Å². The lowest BCUT2D eigenvalue weighted by atomic mass is 9.84. The van der Waals surface area contributed by atoms with Gasteiger partial charge in [0.05, 0.1) is 11.8 Å². The Bertz CT molecular complexity index is 651. The van der Waals surface area contributed by atoms with E-state index in [1.54, 1.807) is 12.1 Å². The molecule has 1 aromatic carbocycles. The van der Waals surface area contributed by atoms with E-state index in [9.17, 15) is 20.1 Å². The summed E-state index contributed by atoms with van der Waals surface area (Å²) in [4.78, 5) is 12.4. The van der Waals surface area contributed by atoms with Crippen molar-refractivity contribution in [1.29, 1.82) is 0 Å². The second-order valence-corrected chi connectivity index (χ2v) is 4.68. The summed E-state index contributed by atoms with van der Waals surface area (Å²) < 4.78 is 5.41. The third kappa shape index (κ3) is 1.93. The summed E-state index contributed by atoms with van der Waals surface area (Å²) in [7, 11) is 0. The van der Waals surface area contributed by atoms with Crippen molar-refractivity contribution in [2.45, 2.75) is 6.10 Å². The number of ketones is 1.